The van der Waals surface area contributed by atoms with Gasteiger partial charge in [-0.2, -0.15) is 0 Å². The van der Waals surface area contributed by atoms with E-state index in [4.69, 9.17) is 0 Å². The predicted molar refractivity (Wildman–Crippen MR) is 95.6 cm³/mol. The lowest BCUT2D eigenvalue weighted by molar-refractivity contribution is 0.191. The molecule has 1 aromatic carbocycles. The molecule has 0 bridgehead atoms. The van der Waals surface area contributed by atoms with E-state index in [1.54, 1.807) is 0 Å². The molecule has 1 aliphatic carbocycles. The molecular formula is C21H36. The van der Waals surface area contributed by atoms with Crippen molar-refractivity contribution in [3.8, 4) is 0 Å². The van der Waals surface area contributed by atoms with Crippen LogP contribution >= 0.6 is 0 Å². The molecule has 0 spiro atoms. The molecule has 1 fully saturated rings. The Morgan fingerprint density at radius 1 is 1.10 bits per heavy atom. The first-order chi connectivity index (χ1) is 9.80. The standard InChI is InChI=1S/C12H18.C9H18/c1-10(2)11(3)9-12-7-5-4-6-8-12;1-8-5-4-6-9(2,3)7-8/h4-8,10-11H,9H2,1-3H3;8H,4-7H2,1-3H3. The van der Waals surface area contributed by atoms with Gasteiger partial charge in [0, 0.05) is 0 Å². The van der Waals surface area contributed by atoms with Crippen LogP contribution in [0.5, 0.6) is 0 Å². The van der Waals surface area contributed by atoms with Gasteiger partial charge in [-0.15, -0.1) is 0 Å². The number of hydrogen-bond donors (Lipinski definition) is 0. The lowest BCUT2D eigenvalue weighted by Crippen LogP contribution is -2.20. The monoisotopic (exact) mass is 288 g/mol. The van der Waals surface area contributed by atoms with Crippen molar-refractivity contribution in [3.05, 3.63) is 35.9 Å². The van der Waals surface area contributed by atoms with Gasteiger partial charge in [0.05, 0.1) is 0 Å². The van der Waals surface area contributed by atoms with Gasteiger partial charge in [0.1, 0.15) is 0 Å². The molecule has 0 amide bonds. The smallest absolute Gasteiger partial charge is 0.0251 e. The topological polar surface area (TPSA) is 0 Å². The maximum absolute atomic E-state index is 2.39. The van der Waals surface area contributed by atoms with Crippen LogP contribution in [0.4, 0.5) is 0 Å². The van der Waals surface area contributed by atoms with Crippen molar-refractivity contribution in [1.29, 1.82) is 0 Å². The van der Waals surface area contributed by atoms with Crippen LogP contribution in [-0.2, 0) is 6.42 Å². The summed E-state index contributed by atoms with van der Waals surface area (Å²) in [6.45, 7) is 14.0. The van der Waals surface area contributed by atoms with Crippen LogP contribution in [0.1, 0.15) is 72.8 Å². The molecule has 0 heteroatoms. The SMILES string of the molecule is CC(C)C(C)Cc1ccccc1.CC1CCCC(C)(C)C1. The molecule has 0 nitrogen and oxygen atoms in total. The van der Waals surface area contributed by atoms with E-state index in [0.29, 0.717) is 5.41 Å². The fourth-order valence-corrected chi connectivity index (χ4v) is 3.30. The predicted octanol–water partition coefficient (Wildman–Crippen LogP) is 6.74. The molecular weight excluding hydrogens is 252 g/mol. The van der Waals surface area contributed by atoms with Crippen molar-refractivity contribution in [2.75, 3.05) is 0 Å². The minimum absolute atomic E-state index is 0.650. The summed E-state index contributed by atoms with van der Waals surface area (Å²) in [5.74, 6) is 2.55. The molecule has 1 saturated carbocycles. The highest BCUT2D eigenvalue weighted by Gasteiger charge is 2.24. The molecule has 0 N–H and O–H groups in total. The van der Waals surface area contributed by atoms with Crippen LogP contribution in [-0.4, -0.2) is 0 Å². The van der Waals surface area contributed by atoms with Crippen LogP contribution in [0.2, 0.25) is 0 Å². The maximum Gasteiger partial charge on any atom is -0.0251 e. The number of benzene rings is 1. The second kappa shape index (κ2) is 8.61. The summed E-state index contributed by atoms with van der Waals surface area (Å²) in [6.07, 6.45) is 7.00. The minimum Gasteiger partial charge on any atom is -0.0625 e. The van der Waals surface area contributed by atoms with Crippen molar-refractivity contribution in [2.24, 2.45) is 23.2 Å². The average Bonchev–Trinajstić information content (AvgIpc) is 2.39. The van der Waals surface area contributed by atoms with Crippen LogP contribution in [0.25, 0.3) is 0 Å². The fraction of sp³-hybridized carbons (Fsp3) is 0.714. The first-order valence-corrected chi connectivity index (χ1v) is 8.84. The van der Waals surface area contributed by atoms with Crippen molar-refractivity contribution in [1.82, 2.24) is 0 Å². The normalized spacial score (nSPS) is 22.3. The fourth-order valence-electron chi connectivity index (χ4n) is 3.30. The van der Waals surface area contributed by atoms with E-state index in [-0.39, 0.29) is 0 Å². The van der Waals surface area contributed by atoms with E-state index in [1.807, 2.05) is 0 Å². The van der Waals surface area contributed by atoms with Gasteiger partial charge in [-0.1, -0.05) is 84.7 Å². The number of rotatable bonds is 3. The molecule has 120 valence electrons. The Hall–Kier alpha value is -0.780. The van der Waals surface area contributed by atoms with Gasteiger partial charge in [0.2, 0.25) is 0 Å². The highest BCUT2D eigenvalue weighted by Crippen LogP contribution is 2.37. The molecule has 2 rings (SSSR count). The van der Waals surface area contributed by atoms with Gasteiger partial charge in [-0.3, -0.25) is 0 Å². The van der Waals surface area contributed by atoms with E-state index in [9.17, 15) is 0 Å². The van der Waals surface area contributed by atoms with Gasteiger partial charge in [-0.25, -0.2) is 0 Å². The van der Waals surface area contributed by atoms with E-state index in [2.05, 4.69) is 71.9 Å². The Balaban J connectivity index is 0.000000219. The first kappa shape index (κ1) is 18.3. The highest BCUT2D eigenvalue weighted by molar-refractivity contribution is 5.15. The average molecular weight is 289 g/mol. The zero-order chi connectivity index (χ0) is 15.9. The van der Waals surface area contributed by atoms with Crippen molar-refractivity contribution < 1.29 is 0 Å². The Labute approximate surface area is 133 Å². The largest absolute Gasteiger partial charge is 0.0625 e. The van der Waals surface area contributed by atoms with E-state index < -0.39 is 0 Å². The summed E-state index contributed by atoms with van der Waals surface area (Å²) >= 11 is 0. The zero-order valence-corrected chi connectivity index (χ0v) is 15.2. The van der Waals surface area contributed by atoms with Crippen LogP contribution in [0.15, 0.2) is 30.3 Å². The molecule has 0 saturated heterocycles. The third-order valence-corrected chi connectivity index (χ3v) is 4.99. The van der Waals surface area contributed by atoms with E-state index in [0.717, 1.165) is 17.8 Å². The van der Waals surface area contributed by atoms with E-state index in [1.165, 1.54) is 37.7 Å². The molecule has 0 heterocycles. The Bertz CT molecular complexity index is 374. The second-order valence-electron chi connectivity index (χ2n) is 8.28. The molecule has 2 unspecified atom stereocenters. The third-order valence-electron chi connectivity index (χ3n) is 4.99. The lowest BCUT2D eigenvalue weighted by Gasteiger charge is -2.33. The van der Waals surface area contributed by atoms with Crippen molar-refractivity contribution >= 4 is 0 Å². The summed E-state index contributed by atoms with van der Waals surface area (Å²) in [5, 5.41) is 0. The highest BCUT2D eigenvalue weighted by atomic mass is 14.3. The summed E-state index contributed by atoms with van der Waals surface area (Å²) < 4.78 is 0. The molecule has 1 aromatic rings. The number of hydrogen-bond acceptors (Lipinski definition) is 0. The summed E-state index contributed by atoms with van der Waals surface area (Å²) in [7, 11) is 0. The quantitative estimate of drug-likeness (QED) is 0.577. The van der Waals surface area contributed by atoms with Crippen LogP contribution < -0.4 is 0 Å². The maximum atomic E-state index is 2.39. The molecule has 0 radical (unpaired) electrons. The third kappa shape index (κ3) is 7.69. The van der Waals surface area contributed by atoms with E-state index >= 15 is 0 Å². The van der Waals surface area contributed by atoms with Crippen molar-refractivity contribution in [2.45, 2.75) is 73.6 Å². The second-order valence-corrected chi connectivity index (χ2v) is 8.28. The van der Waals surface area contributed by atoms with Gasteiger partial charge in [-0.05, 0) is 48.0 Å². The Morgan fingerprint density at radius 2 is 1.71 bits per heavy atom. The molecule has 21 heavy (non-hydrogen) atoms. The first-order valence-electron chi connectivity index (χ1n) is 8.84. The Morgan fingerprint density at radius 3 is 2.14 bits per heavy atom. The van der Waals surface area contributed by atoms with Gasteiger partial charge >= 0.3 is 0 Å². The van der Waals surface area contributed by atoms with Crippen LogP contribution in [0, 0.1) is 23.2 Å². The van der Waals surface area contributed by atoms with Gasteiger partial charge in [0.25, 0.3) is 0 Å². The summed E-state index contributed by atoms with van der Waals surface area (Å²) in [4.78, 5) is 0. The van der Waals surface area contributed by atoms with Crippen molar-refractivity contribution in [3.63, 3.8) is 0 Å². The summed E-state index contributed by atoms with van der Waals surface area (Å²) in [6, 6.07) is 10.7. The molecule has 2 atom stereocenters. The molecule has 0 aliphatic heterocycles. The molecule has 1 aliphatic rings. The minimum atomic E-state index is 0.650. The Kier molecular flexibility index (Phi) is 7.49. The zero-order valence-electron chi connectivity index (χ0n) is 15.2. The molecule has 0 aromatic heterocycles. The van der Waals surface area contributed by atoms with Crippen LogP contribution in [0.3, 0.4) is 0 Å². The van der Waals surface area contributed by atoms with Gasteiger partial charge < -0.3 is 0 Å². The lowest BCUT2D eigenvalue weighted by atomic mass is 9.73. The summed E-state index contributed by atoms with van der Waals surface area (Å²) in [5.41, 5.74) is 2.11. The van der Waals surface area contributed by atoms with Gasteiger partial charge in [0.15, 0.2) is 0 Å².